The van der Waals surface area contributed by atoms with Crippen LogP contribution >= 0.6 is 0 Å². The summed E-state index contributed by atoms with van der Waals surface area (Å²) in [4.78, 5) is 38.7. The molecule has 0 rings (SSSR count). The van der Waals surface area contributed by atoms with E-state index in [9.17, 15) is 24.6 Å². The minimum absolute atomic E-state index is 0.0335. The van der Waals surface area contributed by atoms with Gasteiger partial charge in [-0.05, 0) is 148 Å². The average Bonchev–Trinajstić information content (AvgIpc) is 3.32. The SMILES string of the molecule is CC#CC#CC#CC#CC#CC#CC#CC#CC#CC#CC(=O)OCC(O)CN(CCCCC(N)C(=O)OC(C)(C)C)CC(O)COC(=O)CCCCCCCCCCCCCCCCCCCCC. The maximum absolute atomic E-state index is 12.5. The van der Waals surface area contributed by atoms with E-state index in [1.807, 2.05) is 0 Å². The van der Waals surface area contributed by atoms with Gasteiger partial charge in [-0.1, -0.05) is 135 Å². The molecule has 0 bridgehead atoms. The average molecular weight is 955 g/mol. The minimum Gasteiger partial charge on any atom is -0.463 e. The Kier molecular flexibility index (Phi) is 42.5. The fourth-order valence-electron chi connectivity index (χ4n) is 6.62. The highest BCUT2D eigenvalue weighted by molar-refractivity contribution is 5.89. The highest BCUT2D eigenvalue weighted by Crippen LogP contribution is 2.16. The molecule has 10 nitrogen and oxygen atoms in total. The summed E-state index contributed by atoms with van der Waals surface area (Å²) in [6.07, 6.45) is 24.0. The van der Waals surface area contributed by atoms with Crippen molar-refractivity contribution < 1.29 is 38.8 Å². The maximum atomic E-state index is 12.5. The molecule has 0 spiro atoms. The fraction of sp³-hybridized carbons (Fsp3) is 0.617. The summed E-state index contributed by atoms with van der Waals surface area (Å²) < 4.78 is 15.9. The Morgan fingerprint density at radius 2 is 0.886 bits per heavy atom. The minimum atomic E-state index is -1.12. The third-order valence-electron chi connectivity index (χ3n) is 10.1. The first kappa shape index (κ1) is 63.8. The van der Waals surface area contributed by atoms with E-state index in [4.69, 9.17) is 19.9 Å². The molecule has 376 valence electrons. The zero-order valence-corrected chi connectivity index (χ0v) is 42.9. The number of hydrogen-bond donors (Lipinski definition) is 3. The largest absolute Gasteiger partial charge is 0.463 e. The number of carbonyl (C=O) groups excluding carboxylic acids is 3. The summed E-state index contributed by atoms with van der Waals surface area (Å²) in [6.45, 7) is 9.24. The van der Waals surface area contributed by atoms with E-state index >= 15 is 0 Å². The zero-order chi connectivity index (χ0) is 51.6. The smallest absolute Gasteiger partial charge is 0.385 e. The van der Waals surface area contributed by atoms with Crippen molar-refractivity contribution >= 4 is 17.9 Å². The van der Waals surface area contributed by atoms with Crippen molar-refractivity contribution in [3.8, 4) is 118 Å². The molecule has 0 aromatic heterocycles. The van der Waals surface area contributed by atoms with E-state index in [1.165, 1.54) is 103 Å². The van der Waals surface area contributed by atoms with Crippen molar-refractivity contribution in [2.75, 3.05) is 32.8 Å². The number of ether oxygens (including phenoxy) is 3. The van der Waals surface area contributed by atoms with Crippen LogP contribution in [-0.4, -0.2) is 89.7 Å². The lowest BCUT2D eigenvalue weighted by Gasteiger charge is -2.27. The first-order valence-electron chi connectivity index (χ1n) is 25.2. The lowest BCUT2D eigenvalue weighted by atomic mass is 10.0. The van der Waals surface area contributed by atoms with Gasteiger partial charge in [0.2, 0.25) is 0 Å². The monoisotopic (exact) mass is 955 g/mol. The van der Waals surface area contributed by atoms with Gasteiger partial charge in [0.1, 0.15) is 37.1 Å². The molecule has 0 radical (unpaired) electrons. The van der Waals surface area contributed by atoms with Crippen LogP contribution in [0, 0.1) is 118 Å². The van der Waals surface area contributed by atoms with Crippen LogP contribution in [-0.2, 0) is 28.6 Å². The molecule has 0 saturated heterocycles. The van der Waals surface area contributed by atoms with Gasteiger partial charge in [-0.15, -0.1) is 0 Å². The molecular formula is C60H78N2O8. The number of nitrogens with two attached hydrogens (primary N) is 1. The van der Waals surface area contributed by atoms with E-state index in [0.29, 0.717) is 32.2 Å². The maximum Gasteiger partial charge on any atom is 0.385 e. The molecule has 0 aliphatic rings. The molecule has 70 heavy (non-hydrogen) atoms. The Hall–Kier alpha value is -6.15. The second-order valence-electron chi connectivity index (χ2n) is 17.7. The second-order valence-corrected chi connectivity index (χ2v) is 17.7. The normalized spacial score (nSPS) is 10.9. The van der Waals surface area contributed by atoms with Crippen LogP contribution in [0.5, 0.6) is 0 Å². The Morgan fingerprint density at radius 3 is 1.29 bits per heavy atom. The van der Waals surface area contributed by atoms with Crippen molar-refractivity contribution in [2.45, 2.75) is 206 Å². The van der Waals surface area contributed by atoms with E-state index in [2.05, 4.69) is 125 Å². The summed E-state index contributed by atoms with van der Waals surface area (Å²) in [7, 11) is 0. The molecule has 3 atom stereocenters. The van der Waals surface area contributed by atoms with E-state index in [1.54, 1.807) is 32.6 Å². The molecular weight excluding hydrogens is 877 g/mol. The van der Waals surface area contributed by atoms with Crippen molar-refractivity contribution in [1.29, 1.82) is 0 Å². The first-order valence-corrected chi connectivity index (χ1v) is 25.2. The molecule has 0 aromatic rings. The van der Waals surface area contributed by atoms with Crippen molar-refractivity contribution in [3.05, 3.63) is 0 Å². The zero-order valence-electron chi connectivity index (χ0n) is 42.9. The molecule has 0 aromatic carbocycles. The fourth-order valence-corrected chi connectivity index (χ4v) is 6.62. The molecule has 0 amide bonds. The van der Waals surface area contributed by atoms with Crippen LogP contribution in [0.1, 0.15) is 182 Å². The van der Waals surface area contributed by atoms with Gasteiger partial charge in [0.05, 0.1) is 0 Å². The van der Waals surface area contributed by atoms with Gasteiger partial charge in [-0.25, -0.2) is 4.79 Å². The molecule has 0 fully saturated rings. The first-order chi connectivity index (χ1) is 33.9. The molecule has 3 unspecified atom stereocenters. The van der Waals surface area contributed by atoms with Gasteiger partial charge < -0.3 is 30.2 Å². The number of esters is 3. The summed E-state index contributed by atoms with van der Waals surface area (Å²) in [5, 5.41) is 21.5. The van der Waals surface area contributed by atoms with E-state index < -0.39 is 35.8 Å². The second kappa shape index (κ2) is 46.6. The van der Waals surface area contributed by atoms with Crippen LogP contribution < -0.4 is 5.73 Å². The van der Waals surface area contributed by atoms with Crippen molar-refractivity contribution in [1.82, 2.24) is 4.90 Å². The van der Waals surface area contributed by atoms with Crippen LogP contribution in [0.15, 0.2) is 0 Å². The lowest BCUT2D eigenvalue weighted by molar-refractivity contribution is -0.156. The van der Waals surface area contributed by atoms with Crippen LogP contribution in [0.4, 0.5) is 0 Å². The Labute approximate surface area is 423 Å². The van der Waals surface area contributed by atoms with Gasteiger partial charge in [0.25, 0.3) is 0 Å². The predicted molar refractivity (Wildman–Crippen MR) is 279 cm³/mol. The number of aliphatic hydroxyl groups is 2. The third-order valence-corrected chi connectivity index (χ3v) is 10.1. The molecule has 0 aliphatic heterocycles. The number of unbranched alkanes of at least 4 members (excludes halogenated alkanes) is 19. The van der Waals surface area contributed by atoms with E-state index in [-0.39, 0.29) is 32.3 Å². The molecule has 10 heteroatoms. The topological polar surface area (TPSA) is 149 Å². The Morgan fingerprint density at radius 1 is 0.514 bits per heavy atom. The lowest BCUT2D eigenvalue weighted by Crippen LogP contribution is -2.42. The van der Waals surface area contributed by atoms with Crippen LogP contribution in [0.2, 0.25) is 0 Å². The van der Waals surface area contributed by atoms with Gasteiger partial charge in [-0.2, -0.15) is 0 Å². The van der Waals surface area contributed by atoms with Gasteiger partial charge in [0.15, 0.2) is 0 Å². The molecule has 0 heterocycles. The number of nitrogens with zero attached hydrogens (tertiary/aromatic N) is 1. The quantitative estimate of drug-likeness (QED) is 0.0192. The number of aliphatic hydroxyl groups excluding tert-OH is 2. The highest BCUT2D eigenvalue weighted by atomic mass is 16.6. The Bertz CT molecular complexity index is 2170. The van der Waals surface area contributed by atoms with Gasteiger partial charge >= 0.3 is 17.9 Å². The summed E-state index contributed by atoms with van der Waals surface area (Å²) >= 11 is 0. The van der Waals surface area contributed by atoms with E-state index in [0.717, 1.165) is 19.3 Å². The summed E-state index contributed by atoms with van der Waals surface area (Å²) in [5.41, 5.74) is 5.40. The molecule has 0 aliphatic carbocycles. The summed E-state index contributed by atoms with van der Waals surface area (Å²) in [5.74, 6) is 47.8. The molecule has 0 saturated carbocycles. The Balaban J connectivity index is 4.75. The number of rotatable bonds is 34. The number of carbonyl (C=O) groups is 3. The predicted octanol–water partition coefficient (Wildman–Crippen LogP) is 7.81. The third kappa shape index (κ3) is 46.9. The van der Waals surface area contributed by atoms with Gasteiger partial charge in [0, 0.05) is 37.3 Å². The number of hydrogen-bond acceptors (Lipinski definition) is 10. The highest BCUT2D eigenvalue weighted by Gasteiger charge is 2.23. The van der Waals surface area contributed by atoms with Gasteiger partial charge in [-0.3, -0.25) is 14.5 Å². The van der Waals surface area contributed by atoms with Crippen molar-refractivity contribution in [2.24, 2.45) is 5.73 Å². The molecule has 4 N–H and O–H groups in total. The summed E-state index contributed by atoms with van der Waals surface area (Å²) in [6, 6.07) is -0.786. The standard InChI is InChI=1S/C60H78N2O8/c1-6-8-10-12-14-16-18-20-22-24-26-28-30-32-34-36-38-40-42-47-57(65)68-52-54(63)50-62(49-45-44-46-56(61)59(67)70-60(3,4)5)51-55(64)53-69-58(66)48-43-41-39-37-35-33-31-29-27-25-23-21-19-17-15-13-11-9-7-2/h54-56,63-64H,6,8,10,12,14,16,18,20,22,24,26,28,30,32,34,36,38,40,42,44-47,49-53,61H2,1-5H3. The van der Waals surface area contributed by atoms with Crippen molar-refractivity contribution in [3.63, 3.8) is 0 Å². The van der Waals surface area contributed by atoms with Crippen LogP contribution in [0.3, 0.4) is 0 Å². The van der Waals surface area contributed by atoms with Crippen LogP contribution in [0.25, 0.3) is 0 Å².